The maximum absolute atomic E-state index is 14.5. The van der Waals surface area contributed by atoms with Crippen molar-refractivity contribution in [3.63, 3.8) is 0 Å². The minimum absolute atomic E-state index is 0.0927. The van der Waals surface area contributed by atoms with Crippen LogP contribution in [0.2, 0.25) is 5.02 Å². The number of aryl methyl sites for hydroxylation is 1. The molecule has 0 unspecified atom stereocenters. The first kappa shape index (κ1) is 20.2. The van der Waals surface area contributed by atoms with Gasteiger partial charge in [0.1, 0.15) is 17.5 Å². The lowest BCUT2D eigenvalue weighted by Gasteiger charge is -2.29. The molecule has 1 aliphatic heterocycles. The van der Waals surface area contributed by atoms with Gasteiger partial charge in [0.25, 0.3) is 0 Å². The third-order valence-electron chi connectivity index (χ3n) is 4.71. The monoisotopic (exact) mass is 398 g/mol. The van der Waals surface area contributed by atoms with Crippen molar-refractivity contribution < 1.29 is 22.6 Å². The van der Waals surface area contributed by atoms with Gasteiger partial charge in [0.05, 0.1) is 23.8 Å². The highest BCUT2D eigenvalue weighted by Gasteiger charge is 2.22. The molecule has 0 bridgehead atoms. The Kier molecular flexibility index (Phi) is 6.79. The highest BCUT2D eigenvalue weighted by Crippen LogP contribution is 2.30. The van der Waals surface area contributed by atoms with E-state index in [-0.39, 0.29) is 22.4 Å². The second-order valence-electron chi connectivity index (χ2n) is 6.85. The number of benzene rings is 2. The molecule has 2 aromatic carbocycles. The first-order valence-electron chi connectivity index (χ1n) is 9.14. The van der Waals surface area contributed by atoms with Gasteiger partial charge in [-0.25, -0.2) is 13.2 Å². The predicted molar refractivity (Wildman–Crippen MR) is 99.2 cm³/mol. The Balaban J connectivity index is 1.65. The molecule has 1 heterocycles. The summed E-state index contributed by atoms with van der Waals surface area (Å²) in [6.07, 6.45) is 2.74. The van der Waals surface area contributed by atoms with E-state index in [1.807, 2.05) is 0 Å². The largest absolute Gasteiger partial charge is 0.352 e. The van der Waals surface area contributed by atoms with E-state index in [9.17, 15) is 13.2 Å². The predicted octanol–water partition coefficient (Wildman–Crippen LogP) is 6.15. The van der Waals surface area contributed by atoms with Crippen molar-refractivity contribution in [3.05, 3.63) is 58.4 Å². The summed E-state index contributed by atoms with van der Waals surface area (Å²) >= 11 is 5.63. The molecule has 0 aliphatic carbocycles. The number of ether oxygens (including phenoxy) is 2. The molecule has 0 aromatic heterocycles. The molecule has 0 saturated carbocycles. The Labute approximate surface area is 162 Å². The lowest BCUT2D eigenvalue weighted by molar-refractivity contribution is -0.203. The first-order chi connectivity index (χ1) is 13.0. The average Bonchev–Trinajstić information content (AvgIpc) is 2.64. The molecule has 6 heteroatoms. The Bertz CT molecular complexity index is 766. The fraction of sp³-hybridized carbons (Fsp3) is 0.429. The van der Waals surface area contributed by atoms with Gasteiger partial charge in [-0.2, -0.15) is 0 Å². The highest BCUT2D eigenvalue weighted by atomic mass is 35.5. The molecule has 1 fully saturated rings. The molecule has 2 aromatic rings. The van der Waals surface area contributed by atoms with Crippen LogP contribution in [0, 0.1) is 23.4 Å². The van der Waals surface area contributed by atoms with E-state index in [2.05, 4.69) is 6.92 Å². The van der Waals surface area contributed by atoms with Crippen molar-refractivity contribution in [2.24, 2.45) is 5.92 Å². The van der Waals surface area contributed by atoms with Crippen molar-refractivity contribution in [2.75, 3.05) is 13.2 Å². The maximum Gasteiger partial charge on any atom is 0.157 e. The summed E-state index contributed by atoms with van der Waals surface area (Å²) in [6, 6.07) is 6.24. The van der Waals surface area contributed by atoms with Gasteiger partial charge < -0.3 is 9.47 Å². The summed E-state index contributed by atoms with van der Waals surface area (Å²) in [5.74, 6) is -1.77. The highest BCUT2D eigenvalue weighted by molar-refractivity contribution is 6.30. The van der Waals surface area contributed by atoms with Crippen LogP contribution < -0.4 is 0 Å². The third-order valence-corrected chi connectivity index (χ3v) is 5.02. The molecule has 146 valence electrons. The summed E-state index contributed by atoms with van der Waals surface area (Å²) in [4.78, 5) is 0. The van der Waals surface area contributed by atoms with Crippen LogP contribution in [0.5, 0.6) is 0 Å². The van der Waals surface area contributed by atoms with Crippen molar-refractivity contribution >= 4 is 11.6 Å². The number of hydrogen-bond donors (Lipinski definition) is 0. The van der Waals surface area contributed by atoms with Crippen molar-refractivity contribution in [1.29, 1.82) is 0 Å². The van der Waals surface area contributed by atoms with Crippen molar-refractivity contribution in [1.82, 2.24) is 0 Å². The van der Waals surface area contributed by atoms with E-state index < -0.39 is 17.5 Å². The normalized spacial score (nSPS) is 20.0. The zero-order valence-corrected chi connectivity index (χ0v) is 15.9. The fourth-order valence-electron chi connectivity index (χ4n) is 3.31. The molecule has 0 N–H and O–H groups in total. The zero-order chi connectivity index (χ0) is 19.4. The Morgan fingerprint density at radius 3 is 2.22 bits per heavy atom. The topological polar surface area (TPSA) is 18.5 Å². The first-order valence-corrected chi connectivity index (χ1v) is 9.52. The second kappa shape index (κ2) is 9.09. The molecule has 2 nitrogen and oxygen atoms in total. The van der Waals surface area contributed by atoms with Crippen LogP contribution in [0.25, 0.3) is 11.1 Å². The number of hydrogen-bond acceptors (Lipinski definition) is 2. The Morgan fingerprint density at radius 2 is 1.63 bits per heavy atom. The van der Waals surface area contributed by atoms with Gasteiger partial charge in [0.2, 0.25) is 0 Å². The van der Waals surface area contributed by atoms with Gasteiger partial charge in [0.15, 0.2) is 6.29 Å². The molecule has 0 spiro atoms. The lowest BCUT2D eigenvalue weighted by atomic mass is 10.00. The molecule has 27 heavy (non-hydrogen) atoms. The standard InChI is InChI=1S/C21H22ClF3O2/c1-2-3-14-11-26-20(27-12-14)7-4-13-8-18(24)21(19(25)9-13)15-5-6-16(22)17(23)10-15/h5-6,8-10,14,20H,2-4,7,11-12H2,1H3. The van der Waals surface area contributed by atoms with Crippen LogP contribution in [0.1, 0.15) is 31.7 Å². The lowest BCUT2D eigenvalue weighted by Crippen LogP contribution is -2.32. The number of halogens is 4. The van der Waals surface area contributed by atoms with E-state index in [1.54, 1.807) is 0 Å². The second-order valence-corrected chi connectivity index (χ2v) is 7.26. The average molecular weight is 399 g/mol. The summed E-state index contributed by atoms with van der Waals surface area (Å²) < 4.78 is 53.9. The summed E-state index contributed by atoms with van der Waals surface area (Å²) in [6.45, 7) is 3.43. The van der Waals surface area contributed by atoms with Gasteiger partial charge in [-0.1, -0.05) is 31.0 Å². The number of rotatable bonds is 6. The summed E-state index contributed by atoms with van der Waals surface area (Å²) in [7, 11) is 0. The Morgan fingerprint density at radius 1 is 0.963 bits per heavy atom. The zero-order valence-electron chi connectivity index (χ0n) is 15.1. The molecule has 1 saturated heterocycles. The van der Waals surface area contributed by atoms with Gasteiger partial charge in [-0.3, -0.25) is 0 Å². The van der Waals surface area contributed by atoms with Gasteiger partial charge >= 0.3 is 0 Å². The van der Waals surface area contributed by atoms with E-state index in [4.69, 9.17) is 21.1 Å². The SMILES string of the molecule is CCCC1COC(CCc2cc(F)c(-c3ccc(Cl)c(F)c3)c(F)c2)OC1. The van der Waals surface area contributed by atoms with Crippen LogP contribution in [0.4, 0.5) is 13.2 Å². The van der Waals surface area contributed by atoms with E-state index in [1.165, 1.54) is 24.3 Å². The maximum atomic E-state index is 14.5. The molecular weight excluding hydrogens is 377 g/mol. The molecule has 1 aliphatic rings. The van der Waals surface area contributed by atoms with Gasteiger partial charge in [0, 0.05) is 12.3 Å². The van der Waals surface area contributed by atoms with E-state index >= 15 is 0 Å². The van der Waals surface area contributed by atoms with Crippen molar-refractivity contribution in [3.8, 4) is 11.1 Å². The minimum atomic E-state index is -0.736. The molecular formula is C21H22ClF3O2. The van der Waals surface area contributed by atoms with Crippen LogP contribution in [-0.4, -0.2) is 19.5 Å². The summed E-state index contributed by atoms with van der Waals surface area (Å²) in [5, 5.41) is -0.0927. The minimum Gasteiger partial charge on any atom is -0.352 e. The fourth-order valence-corrected chi connectivity index (χ4v) is 3.42. The van der Waals surface area contributed by atoms with Gasteiger partial charge in [-0.15, -0.1) is 0 Å². The van der Waals surface area contributed by atoms with Crippen LogP contribution in [0.15, 0.2) is 30.3 Å². The smallest absolute Gasteiger partial charge is 0.157 e. The molecule has 0 amide bonds. The van der Waals surface area contributed by atoms with Crippen LogP contribution >= 0.6 is 11.6 Å². The molecule has 0 atom stereocenters. The quantitative estimate of drug-likeness (QED) is 0.581. The van der Waals surface area contributed by atoms with E-state index in [0.29, 0.717) is 37.5 Å². The summed E-state index contributed by atoms with van der Waals surface area (Å²) in [5.41, 5.74) is 0.354. The van der Waals surface area contributed by atoms with Crippen molar-refractivity contribution in [2.45, 2.75) is 38.9 Å². The van der Waals surface area contributed by atoms with Gasteiger partial charge in [-0.05, 0) is 48.2 Å². The molecule has 0 radical (unpaired) electrons. The van der Waals surface area contributed by atoms with E-state index in [0.717, 1.165) is 18.9 Å². The Hall–Kier alpha value is -1.56. The van der Waals surface area contributed by atoms with Crippen LogP contribution in [-0.2, 0) is 15.9 Å². The molecule has 3 rings (SSSR count). The third kappa shape index (κ3) is 5.03. The van der Waals surface area contributed by atoms with Crippen LogP contribution in [0.3, 0.4) is 0 Å².